The van der Waals surface area contributed by atoms with Crippen molar-refractivity contribution in [3.63, 3.8) is 0 Å². The number of alkyl halides is 1. The van der Waals surface area contributed by atoms with Gasteiger partial charge in [0.15, 0.2) is 11.5 Å². The van der Waals surface area contributed by atoms with E-state index in [0.29, 0.717) is 23.9 Å². The minimum absolute atomic E-state index is 0.162. The summed E-state index contributed by atoms with van der Waals surface area (Å²) >= 11 is 3.68. The van der Waals surface area contributed by atoms with Gasteiger partial charge in [0.1, 0.15) is 0 Å². The summed E-state index contributed by atoms with van der Waals surface area (Å²) in [6.07, 6.45) is 4.59. The van der Waals surface area contributed by atoms with Crippen LogP contribution in [0.3, 0.4) is 0 Å². The van der Waals surface area contributed by atoms with E-state index in [4.69, 9.17) is 14.2 Å². The van der Waals surface area contributed by atoms with Crippen LogP contribution in [0.25, 0.3) is 0 Å². The molecule has 1 rings (SSSR count). The van der Waals surface area contributed by atoms with E-state index in [2.05, 4.69) is 29.8 Å². The third-order valence-corrected chi connectivity index (χ3v) is 4.94. The summed E-state index contributed by atoms with van der Waals surface area (Å²) < 4.78 is 16.9. The predicted molar refractivity (Wildman–Crippen MR) is 91.1 cm³/mol. The van der Waals surface area contributed by atoms with Crippen molar-refractivity contribution in [2.45, 2.75) is 39.5 Å². The minimum atomic E-state index is 0.162. The largest absolute Gasteiger partial charge is 0.493 e. The first-order valence-corrected chi connectivity index (χ1v) is 8.68. The van der Waals surface area contributed by atoms with Crippen molar-refractivity contribution in [2.75, 3.05) is 26.2 Å². The molecular formula is C17H27BrO3. The lowest BCUT2D eigenvalue weighted by atomic mass is 9.82. The van der Waals surface area contributed by atoms with E-state index in [1.807, 2.05) is 18.2 Å². The Kier molecular flexibility index (Phi) is 7.94. The zero-order valence-corrected chi connectivity index (χ0v) is 15.2. The van der Waals surface area contributed by atoms with Gasteiger partial charge in [0.05, 0.1) is 20.8 Å². The first-order chi connectivity index (χ1) is 10.2. The highest BCUT2D eigenvalue weighted by Gasteiger charge is 2.29. The van der Waals surface area contributed by atoms with Gasteiger partial charge in [0.2, 0.25) is 5.75 Å². The van der Waals surface area contributed by atoms with Gasteiger partial charge in [-0.25, -0.2) is 0 Å². The molecule has 0 saturated carbocycles. The van der Waals surface area contributed by atoms with Crippen molar-refractivity contribution in [1.82, 2.24) is 0 Å². The fraction of sp³-hybridized carbons (Fsp3) is 0.647. The fourth-order valence-corrected chi connectivity index (χ4v) is 3.41. The maximum atomic E-state index is 6.13. The van der Waals surface area contributed by atoms with Crippen LogP contribution < -0.4 is 14.2 Å². The highest BCUT2D eigenvalue weighted by atomic mass is 79.9. The van der Waals surface area contributed by atoms with Gasteiger partial charge >= 0.3 is 0 Å². The number of hydrogen-bond donors (Lipinski definition) is 0. The van der Waals surface area contributed by atoms with Crippen LogP contribution in [0.4, 0.5) is 0 Å². The van der Waals surface area contributed by atoms with Crippen LogP contribution in [-0.2, 0) is 0 Å². The summed E-state index contributed by atoms with van der Waals surface area (Å²) in [5, 5.41) is 0.944. The predicted octanol–water partition coefficient (Wildman–Crippen LogP) is 5.06. The van der Waals surface area contributed by atoms with Crippen LogP contribution >= 0.6 is 15.9 Å². The maximum Gasteiger partial charge on any atom is 0.203 e. The van der Waals surface area contributed by atoms with Gasteiger partial charge < -0.3 is 14.2 Å². The Balaban J connectivity index is 2.93. The number of halogens is 1. The van der Waals surface area contributed by atoms with Gasteiger partial charge in [-0.05, 0) is 25.0 Å². The van der Waals surface area contributed by atoms with Crippen LogP contribution in [0.2, 0.25) is 0 Å². The normalized spacial score (nSPS) is 11.3. The van der Waals surface area contributed by atoms with Gasteiger partial charge in [-0.2, -0.15) is 0 Å². The van der Waals surface area contributed by atoms with E-state index in [-0.39, 0.29) is 5.41 Å². The van der Waals surface area contributed by atoms with Crippen LogP contribution in [-0.4, -0.2) is 26.2 Å². The first kappa shape index (κ1) is 18.1. The molecule has 0 aromatic heterocycles. The average molecular weight is 359 g/mol. The molecule has 0 spiro atoms. The Labute approximate surface area is 137 Å². The molecule has 1 aromatic carbocycles. The Bertz CT molecular complexity index is 392. The molecule has 4 heteroatoms. The molecule has 0 amide bonds. The molecular weight excluding hydrogens is 332 g/mol. The first-order valence-electron chi connectivity index (χ1n) is 7.56. The van der Waals surface area contributed by atoms with Crippen molar-refractivity contribution in [1.29, 1.82) is 0 Å². The second-order valence-corrected chi connectivity index (χ2v) is 5.97. The third-order valence-electron chi connectivity index (χ3n) is 3.75. The van der Waals surface area contributed by atoms with E-state index < -0.39 is 0 Å². The van der Waals surface area contributed by atoms with E-state index in [1.165, 1.54) is 0 Å². The number of rotatable bonds is 10. The van der Waals surface area contributed by atoms with Crippen LogP contribution in [0.5, 0.6) is 17.2 Å². The summed E-state index contributed by atoms with van der Waals surface area (Å²) in [7, 11) is 3.30. The summed E-state index contributed by atoms with van der Waals surface area (Å²) in [5.74, 6) is 2.12. The average Bonchev–Trinajstić information content (AvgIpc) is 2.52. The zero-order valence-electron chi connectivity index (χ0n) is 13.6. The van der Waals surface area contributed by atoms with Crippen molar-refractivity contribution in [2.24, 2.45) is 5.41 Å². The van der Waals surface area contributed by atoms with Crippen LogP contribution in [0.15, 0.2) is 18.2 Å². The summed E-state index contributed by atoms with van der Waals surface area (Å²) in [5.41, 5.74) is 0.162. The highest BCUT2D eigenvalue weighted by Crippen LogP contribution is 2.40. The van der Waals surface area contributed by atoms with Crippen LogP contribution in [0, 0.1) is 5.41 Å². The number of hydrogen-bond acceptors (Lipinski definition) is 3. The van der Waals surface area contributed by atoms with E-state index >= 15 is 0 Å². The molecule has 0 fully saturated rings. The Hall–Kier alpha value is -0.900. The Morgan fingerprint density at radius 3 is 1.90 bits per heavy atom. The number of ether oxygens (including phenoxy) is 3. The molecule has 0 unspecified atom stereocenters. The zero-order chi connectivity index (χ0) is 15.7. The molecule has 0 aliphatic rings. The molecule has 1 aromatic rings. The minimum Gasteiger partial charge on any atom is -0.493 e. The van der Waals surface area contributed by atoms with Gasteiger partial charge in [-0.15, -0.1) is 0 Å². The SMILES string of the molecule is CCCC(CBr)(CCC)COc1c(OC)cccc1OC. The van der Waals surface area contributed by atoms with Crippen molar-refractivity contribution < 1.29 is 14.2 Å². The summed E-state index contributed by atoms with van der Waals surface area (Å²) in [6.45, 7) is 5.10. The molecule has 21 heavy (non-hydrogen) atoms. The lowest BCUT2D eigenvalue weighted by molar-refractivity contribution is 0.137. The van der Waals surface area contributed by atoms with Gasteiger partial charge in [0, 0.05) is 10.7 Å². The molecule has 0 heterocycles. The molecule has 0 atom stereocenters. The van der Waals surface area contributed by atoms with Crippen molar-refractivity contribution in [3.05, 3.63) is 18.2 Å². The standard InChI is InChI=1S/C17H27BrO3/c1-5-10-17(12-18,11-6-2)13-21-16-14(19-3)8-7-9-15(16)20-4/h7-9H,5-6,10-13H2,1-4H3. The van der Waals surface area contributed by atoms with E-state index in [1.54, 1.807) is 14.2 Å². The summed E-state index contributed by atoms with van der Waals surface area (Å²) in [6, 6.07) is 5.70. The lowest BCUT2D eigenvalue weighted by Crippen LogP contribution is -2.30. The van der Waals surface area contributed by atoms with Crippen molar-refractivity contribution in [3.8, 4) is 17.2 Å². The second kappa shape index (κ2) is 9.19. The molecule has 0 radical (unpaired) electrons. The molecule has 0 aliphatic carbocycles. The van der Waals surface area contributed by atoms with Crippen LogP contribution in [0.1, 0.15) is 39.5 Å². The molecule has 3 nitrogen and oxygen atoms in total. The quantitative estimate of drug-likeness (QED) is 0.546. The third kappa shape index (κ3) is 4.80. The smallest absolute Gasteiger partial charge is 0.203 e. The lowest BCUT2D eigenvalue weighted by Gasteiger charge is -2.32. The van der Waals surface area contributed by atoms with E-state index in [9.17, 15) is 0 Å². The molecule has 0 bridgehead atoms. The molecule has 0 N–H and O–H groups in total. The molecule has 0 saturated heterocycles. The Morgan fingerprint density at radius 2 is 1.52 bits per heavy atom. The highest BCUT2D eigenvalue weighted by molar-refractivity contribution is 9.09. The molecule has 120 valence electrons. The maximum absolute atomic E-state index is 6.13. The topological polar surface area (TPSA) is 27.7 Å². The second-order valence-electron chi connectivity index (χ2n) is 5.41. The summed E-state index contributed by atoms with van der Waals surface area (Å²) in [4.78, 5) is 0. The number of benzene rings is 1. The number of methoxy groups -OCH3 is 2. The monoisotopic (exact) mass is 358 g/mol. The fourth-order valence-electron chi connectivity index (χ4n) is 2.69. The Morgan fingerprint density at radius 1 is 1.00 bits per heavy atom. The van der Waals surface area contributed by atoms with Gasteiger partial charge in [-0.3, -0.25) is 0 Å². The van der Waals surface area contributed by atoms with Gasteiger partial charge in [0.25, 0.3) is 0 Å². The molecule has 0 aliphatic heterocycles. The number of para-hydroxylation sites is 1. The van der Waals surface area contributed by atoms with Gasteiger partial charge in [-0.1, -0.05) is 48.7 Å². The van der Waals surface area contributed by atoms with Crippen molar-refractivity contribution >= 4 is 15.9 Å². The van der Waals surface area contributed by atoms with E-state index in [0.717, 1.165) is 31.0 Å².